The van der Waals surface area contributed by atoms with Gasteiger partial charge in [-0.2, -0.15) is 0 Å². The number of rotatable bonds is 4. The molecule has 0 radical (unpaired) electrons. The molecule has 2 N–H and O–H groups in total. The van der Waals surface area contributed by atoms with Gasteiger partial charge in [-0.15, -0.1) is 0 Å². The summed E-state index contributed by atoms with van der Waals surface area (Å²) in [7, 11) is 0. The molecule has 21 heavy (non-hydrogen) atoms. The second kappa shape index (κ2) is 5.50. The van der Waals surface area contributed by atoms with E-state index in [1.165, 1.54) is 12.1 Å². The second-order valence-electron chi connectivity index (χ2n) is 4.99. The molecule has 3 nitrogen and oxygen atoms in total. The predicted molar refractivity (Wildman–Crippen MR) is 78.7 cm³/mol. The Hall–Kier alpha value is -2.46. The molecule has 0 fully saturated rings. The molecule has 1 heterocycles. The number of aliphatic hydroxyl groups excluding tert-OH is 1. The number of carbonyl (C=O) groups is 1. The first-order valence-corrected chi connectivity index (χ1v) is 6.66. The molecule has 0 saturated heterocycles. The Kier molecular flexibility index (Phi) is 3.54. The molecule has 1 aromatic heterocycles. The zero-order chi connectivity index (χ0) is 14.8. The molecule has 0 spiro atoms. The van der Waals surface area contributed by atoms with Crippen LogP contribution in [0.4, 0.5) is 4.39 Å². The van der Waals surface area contributed by atoms with E-state index in [-0.39, 0.29) is 24.6 Å². The number of aromatic nitrogens is 1. The largest absolute Gasteiger partial charge is 0.392 e. The fraction of sp³-hybridized carbons (Fsp3) is 0.118. The van der Waals surface area contributed by atoms with E-state index in [1.54, 1.807) is 24.3 Å². The molecule has 0 aliphatic carbocycles. The summed E-state index contributed by atoms with van der Waals surface area (Å²) >= 11 is 0. The SMILES string of the molecule is O=C(Cc1ccc(CO)cc1)c1cc2cc(F)ccc2[nH]1. The van der Waals surface area contributed by atoms with Gasteiger partial charge in [0, 0.05) is 17.3 Å². The van der Waals surface area contributed by atoms with E-state index in [1.807, 2.05) is 12.1 Å². The Morgan fingerprint density at radius 3 is 2.48 bits per heavy atom. The van der Waals surface area contributed by atoms with Gasteiger partial charge >= 0.3 is 0 Å². The van der Waals surface area contributed by atoms with Gasteiger partial charge in [0.15, 0.2) is 5.78 Å². The maximum absolute atomic E-state index is 13.1. The van der Waals surface area contributed by atoms with Crippen molar-refractivity contribution in [2.45, 2.75) is 13.0 Å². The minimum absolute atomic E-state index is 0.0121. The zero-order valence-electron chi connectivity index (χ0n) is 11.3. The van der Waals surface area contributed by atoms with Crippen molar-refractivity contribution in [3.05, 3.63) is 71.2 Å². The number of aliphatic hydroxyl groups is 1. The molecule has 3 aromatic rings. The number of hydrogen-bond acceptors (Lipinski definition) is 2. The Labute approximate surface area is 121 Å². The Morgan fingerprint density at radius 1 is 1.05 bits per heavy atom. The van der Waals surface area contributed by atoms with E-state index in [9.17, 15) is 9.18 Å². The first-order chi connectivity index (χ1) is 10.2. The number of aromatic amines is 1. The van der Waals surface area contributed by atoms with Gasteiger partial charge in [0.1, 0.15) is 5.82 Å². The van der Waals surface area contributed by atoms with Crippen LogP contribution in [0.3, 0.4) is 0 Å². The molecule has 106 valence electrons. The summed E-state index contributed by atoms with van der Waals surface area (Å²) in [4.78, 5) is 15.3. The smallest absolute Gasteiger partial charge is 0.183 e. The predicted octanol–water partition coefficient (Wildman–Crippen LogP) is 3.22. The van der Waals surface area contributed by atoms with E-state index in [4.69, 9.17) is 5.11 Å². The first kappa shape index (κ1) is 13.5. The van der Waals surface area contributed by atoms with Crippen LogP contribution in [0.25, 0.3) is 10.9 Å². The van der Waals surface area contributed by atoms with E-state index in [0.717, 1.165) is 16.6 Å². The van der Waals surface area contributed by atoms with Gasteiger partial charge < -0.3 is 10.1 Å². The second-order valence-corrected chi connectivity index (χ2v) is 4.99. The van der Waals surface area contributed by atoms with Crippen LogP contribution < -0.4 is 0 Å². The molecule has 0 unspecified atom stereocenters. The van der Waals surface area contributed by atoms with E-state index >= 15 is 0 Å². The standard InChI is InChI=1S/C17H14FNO2/c18-14-5-6-15-13(8-14)9-16(19-15)17(21)7-11-1-3-12(10-20)4-2-11/h1-6,8-9,19-20H,7,10H2. The third-order valence-corrected chi connectivity index (χ3v) is 3.45. The number of hydrogen-bond donors (Lipinski definition) is 2. The first-order valence-electron chi connectivity index (χ1n) is 6.66. The van der Waals surface area contributed by atoms with Crippen molar-refractivity contribution in [3.8, 4) is 0 Å². The number of Topliss-reactive ketones (excluding diaryl/α,β-unsaturated/α-hetero) is 1. The minimum atomic E-state index is -0.319. The number of nitrogens with one attached hydrogen (secondary N) is 1. The third kappa shape index (κ3) is 2.85. The van der Waals surface area contributed by atoms with Crippen molar-refractivity contribution in [1.82, 2.24) is 4.98 Å². The average molecular weight is 283 g/mol. The zero-order valence-corrected chi connectivity index (χ0v) is 11.3. The lowest BCUT2D eigenvalue weighted by molar-refractivity contribution is 0.0989. The van der Waals surface area contributed by atoms with Crippen LogP contribution in [0.2, 0.25) is 0 Å². The summed E-state index contributed by atoms with van der Waals surface area (Å²) in [5, 5.41) is 9.68. The van der Waals surface area contributed by atoms with Crippen molar-refractivity contribution in [3.63, 3.8) is 0 Å². The van der Waals surface area contributed by atoms with Crippen molar-refractivity contribution in [2.75, 3.05) is 0 Å². The van der Waals surface area contributed by atoms with Gasteiger partial charge in [-0.3, -0.25) is 4.79 Å². The van der Waals surface area contributed by atoms with Gasteiger partial charge in [-0.25, -0.2) is 4.39 Å². The van der Waals surface area contributed by atoms with Crippen LogP contribution >= 0.6 is 0 Å². The van der Waals surface area contributed by atoms with Crippen molar-refractivity contribution < 1.29 is 14.3 Å². The maximum Gasteiger partial charge on any atom is 0.183 e. The van der Waals surface area contributed by atoms with Gasteiger partial charge in [0.25, 0.3) is 0 Å². The van der Waals surface area contributed by atoms with Crippen LogP contribution in [0.15, 0.2) is 48.5 Å². The molecule has 3 rings (SSSR count). The van der Waals surface area contributed by atoms with Crippen LogP contribution in [0.1, 0.15) is 21.6 Å². The highest BCUT2D eigenvalue weighted by molar-refractivity contribution is 6.00. The fourth-order valence-electron chi connectivity index (χ4n) is 2.30. The molecular weight excluding hydrogens is 269 g/mol. The molecule has 0 aliphatic rings. The summed E-state index contributed by atoms with van der Waals surface area (Å²) in [6, 6.07) is 13.3. The summed E-state index contributed by atoms with van der Waals surface area (Å²) in [6.07, 6.45) is 0.265. The Morgan fingerprint density at radius 2 is 1.76 bits per heavy atom. The molecule has 4 heteroatoms. The minimum Gasteiger partial charge on any atom is -0.392 e. The van der Waals surface area contributed by atoms with Crippen molar-refractivity contribution in [1.29, 1.82) is 0 Å². The molecule has 0 amide bonds. The van der Waals surface area contributed by atoms with Gasteiger partial charge in [0.2, 0.25) is 0 Å². The Bertz CT molecular complexity index is 790. The molecule has 2 aromatic carbocycles. The lowest BCUT2D eigenvalue weighted by Gasteiger charge is -2.01. The summed E-state index contributed by atoms with van der Waals surface area (Å²) in [5.41, 5.74) is 2.91. The topological polar surface area (TPSA) is 53.1 Å². The monoisotopic (exact) mass is 283 g/mol. The maximum atomic E-state index is 13.1. The molecule has 0 aliphatic heterocycles. The number of benzene rings is 2. The highest BCUT2D eigenvalue weighted by Crippen LogP contribution is 2.18. The fourth-order valence-corrected chi connectivity index (χ4v) is 2.30. The summed E-state index contributed by atoms with van der Waals surface area (Å²) in [5.74, 6) is -0.372. The lowest BCUT2D eigenvalue weighted by atomic mass is 10.1. The molecule has 0 bridgehead atoms. The lowest BCUT2D eigenvalue weighted by Crippen LogP contribution is -2.03. The van der Waals surface area contributed by atoms with Gasteiger partial charge in [0.05, 0.1) is 12.3 Å². The van der Waals surface area contributed by atoms with Crippen LogP contribution in [0, 0.1) is 5.82 Å². The normalized spacial score (nSPS) is 11.0. The van der Waals surface area contributed by atoms with Crippen LogP contribution in [0.5, 0.6) is 0 Å². The summed E-state index contributed by atoms with van der Waals surface area (Å²) < 4.78 is 13.1. The highest BCUT2D eigenvalue weighted by atomic mass is 19.1. The van der Waals surface area contributed by atoms with Crippen LogP contribution in [-0.2, 0) is 13.0 Å². The number of fused-ring (bicyclic) bond motifs is 1. The van der Waals surface area contributed by atoms with E-state index in [0.29, 0.717) is 11.1 Å². The van der Waals surface area contributed by atoms with E-state index in [2.05, 4.69) is 4.98 Å². The number of H-pyrrole nitrogens is 1. The Balaban J connectivity index is 1.82. The molecule has 0 saturated carbocycles. The molecule has 0 atom stereocenters. The summed E-state index contributed by atoms with van der Waals surface area (Å²) in [6.45, 7) is -0.0121. The van der Waals surface area contributed by atoms with Crippen molar-refractivity contribution >= 4 is 16.7 Å². The highest BCUT2D eigenvalue weighted by Gasteiger charge is 2.11. The van der Waals surface area contributed by atoms with Gasteiger partial charge in [-0.05, 0) is 35.4 Å². The third-order valence-electron chi connectivity index (χ3n) is 3.45. The van der Waals surface area contributed by atoms with Crippen LogP contribution in [-0.4, -0.2) is 15.9 Å². The van der Waals surface area contributed by atoms with Crippen molar-refractivity contribution in [2.24, 2.45) is 0 Å². The number of ketones is 1. The van der Waals surface area contributed by atoms with E-state index < -0.39 is 0 Å². The number of carbonyl (C=O) groups excluding carboxylic acids is 1. The number of halogens is 1. The average Bonchev–Trinajstić information content (AvgIpc) is 2.91. The molecular formula is C17H14FNO2. The van der Waals surface area contributed by atoms with Gasteiger partial charge in [-0.1, -0.05) is 24.3 Å². The quantitative estimate of drug-likeness (QED) is 0.722.